The minimum atomic E-state index is -0.183. The molecule has 1 aromatic rings. The molecule has 0 atom stereocenters. The highest BCUT2D eigenvalue weighted by atomic mass is 16.5. The summed E-state index contributed by atoms with van der Waals surface area (Å²) in [7, 11) is 1.67. The Hall–Kier alpha value is -1.79. The van der Waals surface area contributed by atoms with E-state index in [9.17, 15) is 5.11 Å². The third kappa shape index (κ3) is 4.59. The zero-order valence-electron chi connectivity index (χ0n) is 14.2. The maximum atomic E-state index is 9.48. The van der Waals surface area contributed by atoms with Crippen LogP contribution in [-0.2, 0) is 11.3 Å². The number of hydrogen-bond donors (Lipinski definition) is 3. The number of rotatable bonds is 7. The second kappa shape index (κ2) is 8.17. The van der Waals surface area contributed by atoms with E-state index < -0.39 is 0 Å². The standard InChI is InChI=1S/C17H27N3O3/c1-4-18-16(20-9-17(10-21)11-23-12-17)19-8-14-6-5-13(2)7-15(14)22-3/h5-7,21H,4,8-12H2,1-3H3,(H2,18,19,20). The number of benzene rings is 1. The number of methoxy groups -OCH3 is 1. The summed E-state index contributed by atoms with van der Waals surface area (Å²) in [5.41, 5.74) is 2.02. The predicted molar refractivity (Wildman–Crippen MR) is 90.9 cm³/mol. The van der Waals surface area contributed by atoms with E-state index in [4.69, 9.17) is 9.47 Å². The highest BCUT2D eigenvalue weighted by molar-refractivity contribution is 5.79. The van der Waals surface area contributed by atoms with Crippen LogP contribution < -0.4 is 15.4 Å². The first kappa shape index (κ1) is 17.6. The zero-order valence-corrected chi connectivity index (χ0v) is 14.2. The summed E-state index contributed by atoms with van der Waals surface area (Å²) in [4.78, 5) is 4.61. The minimum absolute atomic E-state index is 0.116. The third-order valence-electron chi connectivity index (χ3n) is 3.98. The van der Waals surface area contributed by atoms with Crippen molar-refractivity contribution in [2.75, 3.05) is 40.0 Å². The van der Waals surface area contributed by atoms with Gasteiger partial charge in [0.1, 0.15) is 5.75 Å². The predicted octanol–water partition coefficient (Wildman–Crippen LogP) is 1.07. The van der Waals surface area contributed by atoms with Crippen molar-refractivity contribution in [3.05, 3.63) is 29.3 Å². The van der Waals surface area contributed by atoms with Crippen LogP contribution in [0.15, 0.2) is 23.2 Å². The van der Waals surface area contributed by atoms with Gasteiger partial charge in [-0.05, 0) is 25.5 Å². The third-order valence-corrected chi connectivity index (χ3v) is 3.98. The van der Waals surface area contributed by atoms with Crippen LogP contribution >= 0.6 is 0 Å². The van der Waals surface area contributed by atoms with Crippen LogP contribution in [0.1, 0.15) is 18.1 Å². The number of nitrogens with zero attached hydrogens (tertiary/aromatic N) is 1. The molecule has 1 heterocycles. The number of aliphatic hydroxyl groups is 1. The first-order valence-corrected chi connectivity index (χ1v) is 7.97. The van der Waals surface area contributed by atoms with Gasteiger partial charge in [-0.3, -0.25) is 0 Å². The lowest BCUT2D eigenvalue weighted by atomic mass is 9.87. The summed E-state index contributed by atoms with van der Waals surface area (Å²) >= 11 is 0. The van der Waals surface area contributed by atoms with Crippen molar-refractivity contribution in [3.63, 3.8) is 0 Å². The molecule has 1 aliphatic rings. The first-order chi connectivity index (χ1) is 11.1. The molecule has 6 nitrogen and oxygen atoms in total. The maximum Gasteiger partial charge on any atom is 0.191 e. The molecule has 23 heavy (non-hydrogen) atoms. The lowest BCUT2D eigenvalue weighted by Gasteiger charge is -2.40. The molecule has 0 bridgehead atoms. The van der Waals surface area contributed by atoms with Gasteiger partial charge in [0.25, 0.3) is 0 Å². The van der Waals surface area contributed by atoms with Crippen molar-refractivity contribution < 1.29 is 14.6 Å². The molecule has 6 heteroatoms. The fourth-order valence-corrected chi connectivity index (χ4v) is 2.40. The maximum absolute atomic E-state index is 9.48. The Labute approximate surface area is 137 Å². The normalized spacial score (nSPS) is 16.6. The monoisotopic (exact) mass is 321 g/mol. The summed E-state index contributed by atoms with van der Waals surface area (Å²) in [5.74, 6) is 1.58. The van der Waals surface area contributed by atoms with Crippen LogP contribution in [0.5, 0.6) is 5.75 Å². The van der Waals surface area contributed by atoms with Gasteiger partial charge in [0, 0.05) is 18.7 Å². The van der Waals surface area contributed by atoms with Crippen molar-refractivity contribution in [2.45, 2.75) is 20.4 Å². The number of aliphatic hydroxyl groups excluding tert-OH is 1. The molecule has 1 aliphatic heterocycles. The average molecular weight is 321 g/mol. The zero-order chi connectivity index (χ0) is 16.7. The van der Waals surface area contributed by atoms with Crippen molar-refractivity contribution in [2.24, 2.45) is 10.4 Å². The lowest BCUT2D eigenvalue weighted by molar-refractivity contribution is -0.132. The van der Waals surface area contributed by atoms with Crippen molar-refractivity contribution in [3.8, 4) is 5.75 Å². The van der Waals surface area contributed by atoms with Gasteiger partial charge in [-0.2, -0.15) is 0 Å². The Morgan fingerprint density at radius 2 is 2.17 bits per heavy atom. The van der Waals surface area contributed by atoms with Crippen molar-refractivity contribution in [1.29, 1.82) is 0 Å². The van der Waals surface area contributed by atoms with E-state index in [0.717, 1.165) is 29.4 Å². The molecule has 0 amide bonds. The Morgan fingerprint density at radius 3 is 2.74 bits per heavy atom. The van der Waals surface area contributed by atoms with Crippen LogP contribution in [0, 0.1) is 12.3 Å². The lowest BCUT2D eigenvalue weighted by Crippen LogP contribution is -2.54. The Kier molecular flexibility index (Phi) is 6.24. The molecule has 0 aliphatic carbocycles. The van der Waals surface area contributed by atoms with Crippen molar-refractivity contribution >= 4 is 5.96 Å². The second-order valence-electron chi connectivity index (χ2n) is 6.01. The number of ether oxygens (including phenoxy) is 2. The Balaban J connectivity index is 2.01. The fourth-order valence-electron chi connectivity index (χ4n) is 2.40. The number of aryl methyl sites for hydroxylation is 1. The molecular weight excluding hydrogens is 294 g/mol. The summed E-state index contributed by atoms with van der Waals surface area (Å²) < 4.78 is 10.6. The highest BCUT2D eigenvalue weighted by Gasteiger charge is 2.38. The van der Waals surface area contributed by atoms with Gasteiger partial charge < -0.3 is 25.2 Å². The van der Waals surface area contributed by atoms with E-state index in [1.165, 1.54) is 0 Å². The van der Waals surface area contributed by atoms with E-state index in [2.05, 4.69) is 21.7 Å². The molecule has 0 saturated carbocycles. The molecule has 1 fully saturated rings. The number of aliphatic imine (C=N–C) groups is 1. The van der Waals surface area contributed by atoms with Crippen LogP contribution in [-0.4, -0.2) is 51.1 Å². The van der Waals surface area contributed by atoms with Crippen LogP contribution in [0.25, 0.3) is 0 Å². The van der Waals surface area contributed by atoms with Gasteiger partial charge in [0.15, 0.2) is 5.96 Å². The smallest absolute Gasteiger partial charge is 0.191 e. The summed E-state index contributed by atoms with van der Waals surface area (Å²) in [6.45, 7) is 7.30. The van der Waals surface area contributed by atoms with Gasteiger partial charge in [0.05, 0.1) is 38.9 Å². The van der Waals surface area contributed by atoms with E-state index >= 15 is 0 Å². The largest absolute Gasteiger partial charge is 0.496 e. The molecule has 0 unspecified atom stereocenters. The van der Waals surface area contributed by atoms with Gasteiger partial charge in [0.2, 0.25) is 0 Å². The number of nitrogens with one attached hydrogen (secondary N) is 2. The van der Waals surface area contributed by atoms with Crippen molar-refractivity contribution in [1.82, 2.24) is 10.6 Å². The van der Waals surface area contributed by atoms with E-state index in [1.54, 1.807) is 7.11 Å². The second-order valence-corrected chi connectivity index (χ2v) is 6.01. The van der Waals surface area contributed by atoms with E-state index in [0.29, 0.717) is 26.3 Å². The van der Waals surface area contributed by atoms with Crippen LogP contribution in [0.3, 0.4) is 0 Å². The number of guanidine groups is 1. The van der Waals surface area contributed by atoms with Gasteiger partial charge >= 0.3 is 0 Å². The molecule has 128 valence electrons. The average Bonchev–Trinajstić information content (AvgIpc) is 2.52. The van der Waals surface area contributed by atoms with Gasteiger partial charge in [-0.25, -0.2) is 4.99 Å². The quantitative estimate of drug-likeness (QED) is 0.517. The summed E-state index contributed by atoms with van der Waals surface area (Å²) in [5, 5.41) is 16.0. The molecule has 3 N–H and O–H groups in total. The number of hydrogen-bond acceptors (Lipinski definition) is 4. The fraction of sp³-hybridized carbons (Fsp3) is 0.588. The Morgan fingerprint density at radius 1 is 1.39 bits per heavy atom. The van der Waals surface area contributed by atoms with Gasteiger partial charge in [-0.1, -0.05) is 12.1 Å². The molecule has 1 aromatic carbocycles. The van der Waals surface area contributed by atoms with E-state index in [-0.39, 0.29) is 12.0 Å². The topological polar surface area (TPSA) is 75.1 Å². The van der Waals surface area contributed by atoms with Crippen LogP contribution in [0.2, 0.25) is 0 Å². The molecule has 0 aromatic heterocycles. The Bertz CT molecular complexity index is 536. The molecular formula is C17H27N3O3. The van der Waals surface area contributed by atoms with E-state index in [1.807, 2.05) is 26.0 Å². The first-order valence-electron chi connectivity index (χ1n) is 7.97. The minimum Gasteiger partial charge on any atom is -0.496 e. The SMILES string of the molecule is CCNC(=NCc1ccc(C)cc1OC)NCC1(CO)COC1. The summed E-state index contributed by atoms with van der Waals surface area (Å²) in [6.07, 6.45) is 0. The molecule has 1 saturated heterocycles. The molecule has 2 rings (SSSR count). The van der Waals surface area contributed by atoms with Crippen LogP contribution in [0.4, 0.5) is 0 Å². The summed E-state index contributed by atoms with van der Waals surface area (Å²) in [6, 6.07) is 6.11. The molecule has 0 spiro atoms. The highest BCUT2D eigenvalue weighted by Crippen LogP contribution is 2.25. The van der Waals surface area contributed by atoms with Gasteiger partial charge in [-0.15, -0.1) is 0 Å². The molecule has 0 radical (unpaired) electrons.